The molecule has 0 bridgehead atoms. The van der Waals surface area contributed by atoms with Gasteiger partial charge < -0.3 is 15.2 Å². The zero-order valence-corrected chi connectivity index (χ0v) is 14.6. The van der Waals surface area contributed by atoms with Gasteiger partial charge in [0.2, 0.25) is 0 Å². The maximum absolute atomic E-state index is 4.55. The molecule has 2 N–H and O–H groups in total. The average Bonchev–Trinajstić information content (AvgIpc) is 3.09. The summed E-state index contributed by atoms with van der Waals surface area (Å²) in [6.45, 7) is 5.35. The number of halogens is 1. The fourth-order valence-corrected chi connectivity index (χ4v) is 2.25. The van der Waals surface area contributed by atoms with Gasteiger partial charge in [0.25, 0.3) is 0 Å². The first-order valence-corrected chi connectivity index (χ1v) is 7.26. The number of thiophene rings is 1. The van der Waals surface area contributed by atoms with Crippen LogP contribution >= 0.6 is 35.3 Å². The highest BCUT2D eigenvalue weighted by Crippen LogP contribution is 2.09. The Labute approximate surface area is 140 Å². The summed E-state index contributed by atoms with van der Waals surface area (Å²) in [5.41, 5.74) is 0. The maximum Gasteiger partial charge on any atom is 0.191 e. The quantitative estimate of drug-likeness (QED) is 0.441. The minimum Gasteiger partial charge on any atom is -0.357 e. The molecule has 0 fully saturated rings. The first-order valence-electron chi connectivity index (χ1n) is 6.39. The number of hydrogen-bond donors (Lipinski definition) is 2. The van der Waals surface area contributed by atoms with Crippen LogP contribution in [0.25, 0.3) is 0 Å². The van der Waals surface area contributed by atoms with Gasteiger partial charge in [-0.3, -0.25) is 0 Å². The second-order valence-corrected chi connectivity index (χ2v) is 5.03. The number of nitrogens with one attached hydrogen (secondary N) is 2. The van der Waals surface area contributed by atoms with Crippen LogP contribution in [0.5, 0.6) is 0 Å². The van der Waals surface area contributed by atoms with Crippen molar-refractivity contribution in [1.82, 2.24) is 20.2 Å². The fourth-order valence-electron chi connectivity index (χ4n) is 1.62. The van der Waals surface area contributed by atoms with E-state index < -0.39 is 0 Å². The number of imidazole rings is 1. The lowest BCUT2D eigenvalue weighted by atomic mass is 10.5. The van der Waals surface area contributed by atoms with Crippen LogP contribution < -0.4 is 10.6 Å². The van der Waals surface area contributed by atoms with Crippen molar-refractivity contribution in [1.29, 1.82) is 0 Å². The Morgan fingerprint density at radius 2 is 2.35 bits per heavy atom. The van der Waals surface area contributed by atoms with E-state index in [1.165, 1.54) is 4.88 Å². The van der Waals surface area contributed by atoms with Gasteiger partial charge in [-0.25, -0.2) is 9.98 Å². The van der Waals surface area contributed by atoms with E-state index in [1.54, 1.807) is 17.5 Å². The predicted octanol–water partition coefficient (Wildman–Crippen LogP) is 2.32. The van der Waals surface area contributed by atoms with Crippen molar-refractivity contribution in [2.24, 2.45) is 4.99 Å². The minimum absolute atomic E-state index is 0. The molecule has 110 valence electrons. The van der Waals surface area contributed by atoms with E-state index in [1.807, 2.05) is 17.1 Å². The molecule has 0 aliphatic heterocycles. The number of nitrogens with zero attached hydrogens (tertiary/aromatic N) is 3. The smallest absolute Gasteiger partial charge is 0.191 e. The topological polar surface area (TPSA) is 54.2 Å². The average molecular weight is 405 g/mol. The van der Waals surface area contributed by atoms with Gasteiger partial charge in [0.05, 0.1) is 12.9 Å². The molecular weight excluding hydrogens is 385 g/mol. The third-order valence-corrected chi connectivity index (χ3v) is 3.40. The molecule has 0 radical (unpaired) electrons. The van der Waals surface area contributed by atoms with Gasteiger partial charge in [0, 0.05) is 36.9 Å². The molecule has 20 heavy (non-hydrogen) atoms. The molecule has 2 heterocycles. The third kappa shape index (κ3) is 5.91. The normalized spacial score (nSPS) is 10.9. The summed E-state index contributed by atoms with van der Waals surface area (Å²) < 4.78 is 2.04. The Balaban J connectivity index is 0.00000200. The fraction of sp³-hybridized carbons (Fsp3) is 0.385. The van der Waals surface area contributed by atoms with Crippen LogP contribution in [0.2, 0.25) is 0 Å². The maximum atomic E-state index is 4.55. The summed E-state index contributed by atoms with van der Waals surface area (Å²) >= 11 is 1.73. The van der Waals surface area contributed by atoms with Gasteiger partial charge in [-0.1, -0.05) is 6.07 Å². The van der Waals surface area contributed by atoms with Crippen LogP contribution in [0.3, 0.4) is 0 Å². The SMILES string of the molecule is CCNC(=NCc1cccs1)NCCn1ccnc1.I. The molecule has 7 heteroatoms. The van der Waals surface area contributed by atoms with E-state index in [4.69, 9.17) is 0 Å². The van der Waals surface area contributed by atoms with E-state index in [2.05, 4.69) is 45.0 Å². The van der Waals surface area contributed by atoms with Crippen molar-refractivity contribution in [2.45, 2.75) is 20.0 Å². The summed E-state index contributed by atoms with van der Waals surface area (Å²) in [7, 11) is 0. The van der Waals surface area contributed by atoms with Crippen molar-refractivity contribution in [3.05, 3.63) is 41.1 Å². The number of rotatable bonds is 6. The summed E-state index contributed by atoms with van der Waals surface area (Å²) in [5.74, 6) is 0.857. The Kier molecular flexibility index (Phi) is 8.28. The number of guanidine groups is 1. The van der Waals surface area contributed by atoms with E-state index in [0.29, 0.717) is 0 Å². The summed E-state index contributed by atoms with van der Waals surface area (Å²) in [6.07, 6.45) is 5.56. The van der Waals surface area contributed by atoms with Gasteiger partial charge in [-0.05, 0) is 18.4 Å². The number of hydrogen-bond acceptors (Lipinski definition) is 3. The van der Waals surface area contributed by atoms with Gasteiger partial charge in [-0.15, -0.1) is 35.3 Å². The third-order valence-electron chi connectivity index (χ3n) is 2.54. The van der Waals surface area contributed by atoms with Crippen molar-refractivity contribution in [3.63, 3.8) is 0 Å². The van der Waals surface area contributed by atoms with Crippen LogP contribution in [-0.4, -0.2) is 28.6 Å². The van der Waals surface area contributed by atoms with E-state index >= 15 is 0 Å². The Bertz CT molecular complexity index is 481. The van der Waals surface area contributed by atoms with Crippen LogP contribution in [0, 0.1) is 0 Å². The molecule has 2 aromatic heterocycles. The molecule has 0 spiro atoms. The number of aromatic nitrogens is 2. The highest BCUT2D eigenvalue weighted by molar-refractivity contribution is 14.0. The van der Waals surface area contributed by atoms with Crippen LogP contribution in [0.15, 0.2) is 41.2 Å². The Morgan fingerprint density at radius 1 is 1.45 bits per heavy atom. The molecule has 0 saturated heterocycles. The molecule has 0 aromatic carbocycles. The molecule has 2 aromatic rings. The molecule has 0 aliphatic carbocycles. The van der Waals surface area contributed by atoms with Crippen molar-refractivity contribution >= 4 is 41.3 Å². The summed E-state index contributed by atoms with van der Waals surface area (Å²) in [4.78, 5) is 9.84. The van der Waals surface area contributed by atoms with Crippen LogP contribution in [-0.2, 0) is 13.1 Å². The molecule has 2 rings (SSSR count). The second kappa shape index (κ2) is 9.76. The summed E-state index contributed by atoms with van der Waals surface area (Å²) in [5, 5.41) is 8.63. The summed E-state index contributed by atoms with van der Waals surface area (Å²) in [6, 6.07) is 4.15. The van der Waals surface area contributed by atoms with Gasteiger partial charge in [0.15, 0.2) is 5.96 Å². The van der Waals surface area contributed by atoms with Crippen molar-refractivity contribution in [2.75, 3.05) is 13.1 Å². The molecule has 0 amide bonds. The lowest BCUT2D eigenvalue weighted by molar-refractivity contribution is 0.662. The highest BCUT2D eigenvalue weighted by Gasteiger charge is 1.98. The molecule has 5 nitrogen and oxygen atoms in total. The Hall–Kier alpha value is -1.09. The van der Waals surface area contributed by atoms with Gasteiger partial charge in [-0.2, -0.15) is 0 Å². The highest BCUT2D eigenvalue weighted by atomic mass is 127. The van der Waals surface area contributed by atoms with Gasteiger partial charge >= 0.3 is 0 Å². The van der Waals surface area contributed by atoms with Crippen molar-refractivity contribution in [3.8, 4) is 0 Å². The largest absolute Gasteiger partial charge is 0.357 e. The Morgan fingerprint density at radius 3 is 3.00 bits per heavy atom. The van der Waals surface area contributed by atoms with E-state index in [9.17, 15) is 0 Å². The predicted molar refractivity (Wildman–Crippen MR) is 94.8 cm³/mol. The standard InChI is InChI=1S/C13H19N5S.HI/c1-2-15-13(17-10-12-4-3-9-19-12)16-6-8-18-7-5-14-11-18;/h3-5,7,9,11H,2,6,8,10H2,1H3,(H2,15,16,17);1H. The monoisotopic (exact) mass is 405 g/mol. The van der Waals surface area contributed by atoms with E-state index in [-0.39, 0.29) is 24.0 Å². The molecule has 0 saturated carbocycles. The molecule has 0 atom stereocenters. The minimum atomic E-state index is 0. The first kappa shape index (κ1) is 17.0. The lowest BCUT2D eigenvalue weighted by Gasteiger charge is -2.11. The first-order chi connectivity index (χ1) is 9.38. The molecule has 0 unspecified atom stereocenters. The molecular formula is C13H20IN5S. The van der Waals surface area contributed by atoms with Crippen LogP contribution in [0.4, 0.5) is 0 Å². The van der Waals surface area contributed by atoms with Crippen molar-refractivity contribution < 1.29 is 0 Å². The zero-order chi connectivity index (χ0) is 13.3. The second-order valence-electron chi connectivity index (χ2n) is 4.00. The molecule has 0 aliphatic rings. The number of aliphatic imine (C=N–C) groups is 1. The van der Waals surface area contributed by atoms with Gasteiger partial charge in [0.1, 0.15) is 0 Å². The van der Waals surface area contributed by atoms with Crippen LogP contribution in [0.1, 0.15) is 11.8 Å². The van der Waals surface area contributed by atoms with E-state index in [0.717, 1.165) is 32.1 Å². The lowest BCUT2D eigenvalue weighted by Crippen LogP contribution is -2.38. The zero-order valence-electron chi connectivity index (χ0n) is 11.5.